The molecule has 0 amide bonds. The molecular weight excluding hydrogens is 671 g/mol. The van der Waals surface area contributed by atoms with Crippen LogP contribution in [0.1, 0.15) is 75.1 Å². The first-order valence-electron chi connectivity index (χ1n) is 19.5. The number of hydrogen-bond acceptors (Lipinski definition) is 5. The van der Waals surface area contributed by atoms with Gasteiger partial charge in [0.15, 0.2) is 8.32 Å². The summed E-state index contributed by atoms with van der Waals surface area (Å²) in [6.07, 6.45) is 6.47. The minimum atomic E-state index is -2.22. The quantitative estimate of drug-likeness (QED) is 0.0955. The Balaban J connectivity index is 1.59. The Kier molecular flexibility index (Phi) is 12.3. The van der Waals surface area contributed by atoms with Crippen LogP contribution in [0, 0.1) is 5.92 Å². The summed E-state index contributed by atoms with van der Waals surface area (Å²) < 4.78 is 36.4. The number of benzene rings is 4. The highest BCUT2D eigenvalue weighted by Crippen LogP contribution is 2.53. The van der Waals surface area contributed by atoms with E-state index in [1.807, 2.05) is 30.3 Å². The molecule has 1 saturated carbocycles. The summed E-state index contributed by atoms with van der Waals surface area (Å²) in [6, 6.07) is 41.6. The Labute approximate surface area is 320 Å². The topological polar surface area (TPSA) is 46.2 Å². The first kappa shape index (κ1) is 39.4. The molecule has 1 saturated heterocycles. The van der Waals surface area contributed by atoms with Gasteiger partial charge < -0.3 is 23.2 Å². The van der Waals surface area contributed by atoms with Crippen molar-refractivity contribution in [3.05, 3.63) is 156 Å². The molecule has 4 aromatic carbocycles. The van der Waals surface area contributed by atoms with Gasteiger partial charge in [-0.2, -0.15) is 0 Å². The number of methoxy groups -OCH3 is 2. The molecule has 0 bridgehead atoms. The molecule has 1 aliphatic carbocycles. The van der Waals surface area contributed by atoms with E-state index in [1.54, 1.807) is 14.2 Å². The van der Waals surface area contributed by atoms with Gasteiger partial charge in [0.1, 0.15) is 23.4 Å². The summed E-state index contributed by atoms with van der Waals surface area (Å²) in [5, 5.41) is 0.0335. The van der Waals surface area contributed by atoms with Crippen molar-refractivity contribution in [2.24, 2.45) is 5.92 Å². The Morgan fingerprint density at radius 1 is 0.642 bits per heavy atom. The fraction of sp³-hybridized carbons (Fsp3) is 0.435. The van der Waals surface area contributed by atoms with E-state index in [9.17, 15) is 0 Å². The second kappa shape index (κ2) is 16.6. The second-order valence-corrected chi connectivity index (χ2v) is 21.1. The largest absolute Gasteiger partial charge is 0.467 e. The minimum absolute atomic E-state index is 0.0335. The lowest BCUT2D eigenvalue weighted by Crippen LogP contribution is -2.56. The summed E-state index contributed by atoms with van der Waals surface area (Å²) >= 11 is 0. The van der Waals surface area contributed by atoms with E-state index in [-0.39, 0.29) is 17.0 Å². The second-order valence-electron chi connectivity index (χ2n) is 16.4. The lowest BCUT2D eigenvalue weighted by molar-refractivity contribution is -0.136. The highest BCUT2D eigenvalue weighted by Gasteiger charge is 2.63. The van der Waals surface area contributed by atoms with Gasteiger partial charge in [-0.1, -0.05) is 167 Å². The third kappa shape index (κ3) is 7.54. The smallest absolute Gasteiger partial charge is 0.414 e. The molecule has 4 aromatic rings. The lowest BCUT2D eigenvalue weighted by atomic mass is 9.64. The van der Waals surface area contributed by atoms with Crippen LogP contribution in [0.4, 0.5) is 0 Å². The van der Waals surface area contributed by atoms with E-state index in [1.165, 1.54) is 19.3 Å². The first-order chi connectivity index (χ1) is 25.5. The van der Waals surface area contributed by atoms with Crippen molar-refractivity contribution in [1.29, 1.82) is 0 Å². The highest BCUT2D eigenvalue weighted by molar-refractivity contribution is 6.74. The Morgan fingerprint density at radius 2 is 1.00 bits per heavy atom. The molecule has 1 heterocycles. The first-order valence-corrected chi connectivity index (χ1v) is 22.4. The van der Waals surface area contributed by atoms with Gasteiger partial charge in [-0.15, -0.1) is 6.58 Å². The molecule has 0 spiro atoms. The van der Waals surface area contributed by atoms with Crippen molar-refractivity contribution in [2.75, 3.05) is 14.2 Å². The molecule has 2 aliphatic rings. The standard InChI is InChI=1S/C46H59BO5Si/c1-9-40(41(35-25-15-10-16-26-35)52-53(7,8)44(2,3)4)47-50-42(45(48-5,36-27-17-11-18-28-36)37-29-19-12-20-30-37)43(51-47)46(49-6,38-31-21-13-22-32-38)39-33-23-14-24-34-39/h9,11-14,17-24,27-35,40-43H,1,10,15-16,25-26H2,2-8H3/t40-,41+,42+,43+/m0/s1. The zero-order chi connectivity index (χ0) is 37.7. The van der Waals surface area contributed by atoms with E-state index < -0.39 is 38.8 Å². The summed E-state index contributed by atoms with van der Waals surface area (Å²) in [7, 11) is 0.649. The zero-order valence-corrected chi connectivity index (χ0v) is 33.9. The Morgan fingerprint density at radius 3 is 1.30 bits per heavy atom. The molecule has 280 valence electrons. The molecule has 0 unspecified atom stereocenters. The van der Waals surface area contributed by atoms with Crippen molar-refractivity contribution in [2.45, 2.75) is 106 Å². The average Bonchev–Trinajstić information content (AvgIpc) is 3.63. The molecule has 0 radical (unpaired) electrons. The number of ether oxygens (including phenoxy) is 2. The monoisotopic (exact) mass is 730 g/mol. The van der Waals surface area contributed by atoms with E-state index in [2.05, 4.69) is 138 Å². The maximum absolute atomic E-state index is 7.55. The van der Waals surface area contributed by atoms with Crippen LogP contribution in [0.2, 0.25) is 23.9 Å². The average molecular weight is 731 g/mol. The van der Waals surface area contributed by atoms with Gasteiger partial charge in [0.2, 0.25) is 0 Å². The summed E-state index contributed by atoms with van der Waals surface area (Å²) in [6.45, 7) is 16.1. The molecule has 0 N–H and O–H groups in total. The Hall–Kier alpha value is -3.30. The van der Waals surface area contributed by atoms with Crippen LogP contribution < -0.4 is 0 Å². The van der Waals surface area contributed by atoms with E-state index in [0.29, 0.717) is 5.92 Å². The van der Waals surface area contributed by atoms with Crippen LogP contribution in [0.5, 0.6) is 0 Å². The van der Waals surface area contributed by atoms with E-state index >= 15 is 0 Å². The van der Waals surface area contributed by atoms with Crippen molar-refractivity contribution < 1.29 is 23.2 Å². The molecule has 1 aliphatic heterocycles. The molecule has 2 fully saturated rings. The van der Waals surface area contributed by atoms with Crippen molar-refractivity contribution >= 4 is 15.4 Å². The molecule has 53 heavy (non-hydrogen) atoms. The van der Waals surface area contributed by atoms with Gasteiger partial charge in [0, 0.05) is 20.0 Å². The van der Waals surface area contributed by atoms with Crippen LogP contribution in [-0.4, -0.2) is 48.0 Å². The Bertz CT molecular complexity index is 1550. The van der Waals surface area contributed by atoms with Crippen molar-refractivity contribution in [1.82, 2.24) is 0 Å². The number of rotatable bonds is 14. The molecule has 0 aromatic heterocycles. The highest BCUT2D eigenvalue weighted by atomic mass is 28.4. The van der Waals surface area contributed by atoms with Gasteiger partial charge in [0.05, 0.1) is 6.10 Å². The fourth-order valence-corrected chi connectivity index (χ4v) is 9.95. The normalized spacial score (nSPS) is 20.2. The maximum Gasteiger partial charge on any atom is 0.467 e. The predicted octanol–water partition coefficient (Wildman–Crippen LogP) is 11.0. The van der Waals surface area contributed by atoms with Gasteiger partial charge in [0.25, 0.3) is 0 Å². The number of hydrogen-bond donors (Lipinski definition) is 0. The third-order valence-corrected chi connectivity index (χ3v) is 16.9. The molecule has 4 atom stereocenters. The summed E-state index contributed by atoms with van der Waals surface area (Å²) in [4.78, 5) is 0. The van der Waals surface area contributed by atoms with Gasteiger partial charge in [-0.05, 0) is 59.1 Å². The summed E-state index contributed by atoms with van der Waals surface area (Å²) in [5.74, 6) is 0.123. The van der Waals surface area contributed by atoms with Crippen LogP contribution in [-0.2, 0) is 34.4 Å². The molecule has 6 rings (SSSR count). The minimum Gasteiger partial charge on any atom is -0.414 e. The lowest BCUT2D eigenvalue weighted by Gasteiger charge is -2.47. The molecule has 7 heteroatoms. The van der Waals surface area contributed by atoms with Crippen molar-refractivity contribution in [3.8, 4) is 0 Å². The summed E-state index contributed by atoms with van der Waals surface area (Å²) in [5.41, 5.74) is 1.71. The SMILES string of the molecule is C=C[C@H](B1O[C@@H](C(OC)(c2ccccc2)c2ccccc2)[C@H](C(OC)(c2ccccc2)c2ccccc2)O1)[C@H](O[Si](C)(C)C(C)(C)C)C1CCCCC1. The predicted molar refractivity (Wildman–Crippen MR) is 219 cm³/mol. The third-order valence-electron chi connectivity index (χ3n) is 12.4. The van der Waals surface area contributed by atoms with E-state index in [0.717, 1.165) is 35.1 Å². The molecule has 5 nitrogen and oxygen atoms in total. The van der Waals surface area contributed by atoms with Gasteiger partial charge >= 0.3 is 7.12 Å². The van der Waals surface area contributed by atoms with Gasteiger partial charge in [-0.25, -0.2) is 0 Å². The van der Waals surface area contributed by atoms with E-state index in [4.69, 9.17) is 23.2 Å². The van der Waals surface area contributed by atoms with Crippen LogP contribution in [0.15, 0.2) is 134 Å². The zero-order valence-electron chi connectivity index (χ0n) is 32.9. The maximum atomic E-state index is 7.55. The van der Waals surface area contributed by atoms with Crippen LogP contribution >= 0.6 is 0 Å². The van der Waals surface area contributed by atoms with Crippen molar-refractivity contribution in [3.63, 3.8) is 0 Å². The van der Waals surface area contributed by atoms with Crippen LogP contribution in [0.25, 0.3) is 0 Å². The van der Waals surface area contributed by atoms with Gasteiger partial charge in [-0.3, -0.25) is 0 Å². The van der Waals surface area contributed by atoms with Crippen LogP contribution in [0.3, 0.4) is 0 Å². The fourth-order valence-electron chi connectivity index (χ4n) is 8.57. The molecular formula is C46H59BO5Si.